The average molecular weight is 361 g/mol. The van der Waals surface area contributed by atoms with E-state index in [1.165, 1.54) is 15.3 Å². The van der Waals surface area contributed by atoms with Crippen molar-refractivity contribution in [3.8, 4) is 0 Å². The second-order valence-electron chi connectivity index (χ2n) is 5.62. The number of hydrogen-bond donors (Lipinski definition) is 3. The van der Waals surface area contributed by atoms with Crippen molar-refractivity contribution in [3.05, 3.63) is 51.7 Å². The lowest BCUT2D eigenvalue weighted by Crippen LogP contribution is -2.36. The zero-order chi connectivity index (χ0) is 17.9. The molecule has 0 atom stereocenters. The molecule has 1 heterocycles. The molecule has 0 aliphatic rings. The molecule has 2 rings (SSSR count). The van der Waals surface area contributed by atoms with E-state index in [1.54, 1.807) is 14.2 Å². The van der Waals surface area contributed by atoms with Gasteiger partial charge in [-0.25, -0.2) is 0 Å². The highest BCUT2D eigenvalue weighted by molar-refractivity contribution is 7.11. The molecule has 0 radical (unpaired) electrons. The highest BCUT2D eigenvalue weighted by Gasteiger charge is 2.02. The number of hydrogen-bond acceptors (Lipinski definition) is 4. The van der Waals surface area contributed by atoms with Gasteiger partial charge in [-0.3, -0.25) is 4.99 Å². The van der Waals surface area contributed by atoms with E-state index in [1.807, 2.05) is 11.3 Å². The monoisotopic (exact) mass is 360 g/mol. The first-order valence-electron chi connectivity index (χ1n) is 8.59. The Morgan fingerprint density at radius 1 is 1.04 bits per heavy atom. The quantitative estimate of drug-likeness (QED) is 0.365. The van der Waals surface area contributed by atoms with Crippen LogP contribution in [0.3, 0.4) is 0 Å². The Balaban J connectivity index is 1.76. The highest BCUT2D eigenvalue weighted by atomic mass is 32.1. The number of benzene rings is 1. The number of aliphatic imine (C=N–C) groups is 1. The van der Waals surface area contributed by atoms with Gasteiger partial charge in [0.15, 0.2) is 5.96 Å². The lowest BCUT2D eigenvalue weighted by molar-refractivity contribution is 0.211. The van der Waals surface area contributed by atoms with Gasteiger partial charge in [-0.15, -0.1) is 11.3 Å². The third-order valence-corrected chi connectivity index (χ3v) is 5.00. The van der Waals surface area contributed by atoms with Crippen molar-refractivity contribution in [1.29, 1.82) is 0 Å². The lowest BCUT2D eigenvalue weighted by atomic mass is 10.2. The first-order valence-corrected chi connectivity index (χ1v) is 9.40. The fourth-order valence-corrected chi connectivity index (χ4v) is 3.22. The molecule has 3 N–H and O–H groups in total. The summed E-state index contributed by atoms with van der Waals surface area (Å²) in [6.45, 7) is 5.24. The maximum absolute atomic E-state index is 5.04. The Bertz CT molecular complexity index is 652. The van der Waals surface area contributed by atoms with Crippen LogP contribution in [-0.4, -0.2) is 33.3 Å². The summed E-state index contributed by atoms with van der Waals surface area (Å²) in [4.78, 5) is 7.03. The number of nitrogens with one attached hydrogen (secondary N) is 3. The summed E-state index contributed by atoms with van der Waals surface area (Å²) < 4.78 is 5.04. The smallest absolute Gasteiger partial charge is 0.191 e. The molecule has 0 fully saturated rings. The largest absolute Gasteiger partial charge is 0.383 e. The number of anilines is 1. The SMILES string of the molecule is CCc1ccc(CNC(=NC)NCc2ccc(NCCOC)cc2)s1. The first-order chi connectivity index (χ1) is 12.2. The molecule has 5 nitrogen and oxygen atoms in total. The summed E-state index contributed by atoms with van der Waals surface area (Å²) in [5.41, 5.74) is 2.32. The predicted octanol–water partition coefficient (Wildman–Crippen LogP) is 3.23. The number of nitrogens with zero attached hydrogens (tertiary/aromatic N) is 1. The predicted molar refractivity (Wildman–Crippen MR) is 108 cm³/mol. The van der Waals surface area contributed by atoms with E-state index in [9.17, 15) is 0 Å². The van der Waals surface area contributed by atoms with Crippen LogP contribution in [0.5, 0.6) is 0 Å². The summed E-state index contributed by atoms with van der Waals surface area (Å²) in [5.74, 6) is 0.814. The Labute approximate surface area is 154 Å². The Hall–Kier alpha value is -2.05. The van der Waals surface area contributed by atoms with Gasteiger partial charge >= 0.3 is 0 Å². The molecule has 0 saturated heterocycles. The van der Waals surface area contributed by atoms with E-state index in [0.29, 0.717) is 6.61 Å². The van der Waals surface area contributed by atoms with Gasteiger partial charge in [-0.1, -0.05) is 19.1 Å². The van der Waals surface area contributed by atoms with Crippen molar-refractivity contribution in [2.45, 2.75) is 26.4 Å². The van der Waals surface area contributed by atoms with Gasteiger partial charge in [0.05, 0.1) is 13.2 Å². The third kappa shape index (κ3) is 6.76. The van der Waals surface area contributed by atoms with Crippen LogP contribution in [0.4, 0.5) is 5.69 Å². The van der Waals surface area contributed by atoms with Crippen molar-refractivity contribution < 1.29 is 4.74 Å². The fraction of sp³-hybridized carbons (Fsp3) is 0.421. The molecule has 0 bridgehead atoms. The topological polar surface area (TPSA) is 57.7 Å². The van der Waals surface area contributed by atoms with Crippen LogP contribution in [0, 0.1) is 0 Å². The van der Waals surface area contributed by atoms with E-state index >= 15 is 0 Å². The number of ether oxygens (including phenoxy) is 1. The fourth-order valence-electron chi connectivity index (χ4n) is 2.32. The Kier molecular flexibility index (Phi) is 8.28. The molecule has 6 heteroatoms. The van der Waals surface area contributed by atoms with Gasteiger partial charge in [-0.05, 0) is 36.2 Å². The van der Waals surface area contributed by atoms with Crippen LogP contribution in [0.25, 0.3) is 0 Å². The number of thiophene rings is 1. The van der Waals surface area contributed by atoms with Gasteiger partial charge in [0.25, 0.3) is 0 Å². The van der Waals surface area contributed by atoms with Crippen molar-refractivity contribution in [2.75, 3.05) is 32.6 Å². The summed E-state index contributed by atoms with van der Waals surface area (Å²) >= 11 is 1.85. The van der Waals surface area contributed by atoms with Crippen LogP contribution >= 0.6 is 11.3 Å². The number of aryl methyl sites for hydroxylation is 1. The van der Waals surface area contributed by atoms with E-state index in [-0.39, 0.29) is 0 Å². The standard InChI is InChI=1S/C19H28N4OS/c1-4-17-9-10-18(25-17)14-23-19(20-2)22-13-15-5-7-16(8-6-15)21-11-12-24-3/h5-10,21H,4,11-14H2,1-3H3,(H2,20,22,23). The third-order valence-electron chi connectivity index (χ3n) is 3.77. The maximum atomic E-state index is 5.04. The highest BCUT2D eigenvalue weighted by Crippen LogP contribution is 2.16. The van der Waals surface area contributed by atoms with Crippen molar-refractivity contribution in [3.63, 3.8) is 0 Å². The molecule has 2 aromatic rings. The molecular formula is C19H28N4OS. The molecule has 136 valence electrons. The van der Waals surface area contributed by atoms with Crippen molar-refractivity contribution in [2.24, 2.45) is 4.99 Å². The molecule has 0 aliphatic heterocycles. The molecule has 1 aromatic carbocycles. The van der Waals surface area contributed by atoms with Gasteiger partial charge in [0, 0.05) is 42.7 Å². The number of guanidine groups is 1. The van der Waals surface area contributed by atoms with Crippen LogP contribution in [0.1, 0.15) is 22.2 Å². The normalized spacial score (nSPS) is 11.4. The van der Waals surface area contributed by atoms with E-state index in [0.717, 1.165) is 37.7 Å². The lowest BCUT2D eigenvalue weighted by Gasteiger charge is -2.12. The molecule has 25 heavy (non-hydrogen) atoms. The van der Waals surface area contributed by atoms with Crippen LogP contribution in [-0.2, 0) is 24.2 Å². The average Bonchev–Trinajstić information content (AvgIpc) is 3.11. The summed E-state index contributed by atoms with van der Waals surface area (Å²) in [6.07, 6.45) is 1.09. The van der Waals surface area contributed by atoms with Gasteiger partial charge in [-0.2, -0.15) is 0 Å². The Morgan fingerprint density at radius 3 is 2.40 bits per heavy atom. The minimum atomic E-state index is 0.704. The van der Waals surface area contributed by atoms with Crippen molar-refractivity contribution in [1.82, 2.24) is 10.6 Å². The summed E-state index contributed by atoms with van der Waals surface area (Å²) in [6, 6.07) is 12.8. The minimum absolute atomic E-state index is 0.704. The Morgan fingerprint density at radius 2 is 1.76 bits per heavy atom. The van der Waals surface area contributed by atoms with E-state index in [4.69, 9.17) is 4.74 Å². The molecule has 0 saturated carbocycles. The summed E-state index contributed by atoms with van der Waals surface area (Å²) in [7, 11) is 3.50. The van der Waals surface area contributed by atoms with Crippen molar-refractivity contribution >= 4 is 23.0 Å². The second-order valence-corrected chi connectivity index (χ2v) is 6.87. The molecule has 0 spiro atoms. The minimum Gasteiger partial charge on any atom is -0.383 e. The zero-order valence-corrected chi connectivity index (χ0v) is 16.1. The van der Waals surface area contributed by atoms with E-state index < -0.39 is 0 Å². The van der Waals surface area contributed by atoms with Gasteiger partial charge < -0.3 is 20.7 Å². The number of methoxy groups -OCH3 is 1. The molecule has 0 unspecified atom stereocenters. The molecule has 0 aliphatic carbocycles. The van der Waals surface area contributed by atoms with Gasteiger partial charge in [0.2, 0.25) is 0 Å². The van der Waals surface area contributed by atoms with Crippen LogP contribution in [0.15, 0.2) is 41.4 Å². The zero-order valence-electron chi connectivity index (χ0n) is 15.3. The maximum Gasteiger partial charge on any atom is 0.191 e. The molecule has 0 amide bonds. The second kappa shape index (κ2) is 10.7. The number of rotatable bonds is 9. The first kappa shape index (κ1) is 19.3. The van der Waals surface area contributed by atoms with Crippen LogP contribution < -0.4 is 16.0 Å². The van der Waals surface area contributed by atoms with Gasteiger partial charge in [0.1, 0.15) is 0 Å². The van der Waals surface area contributed by atoms with Crippen LogP contribution in [0.2, 0.25) is 0 Å². The molecular weight excluding hydrogens is 332 g/mol. The molecule has 1 aromatic heterocycles. The summed E-state index contributed by atoms with van der Waals surface area (Å²) in [5, 5.41) is 10.0. The van der Waals surface area contributed by atoms with E-state index in [2.05, 4.69) is 64.3 Å².